The van der Waals surface area contributed by atoms with Crippen molar-refractivity contribution in [2.45, 2.75) is 19.7 Å². The number of pyridine rings is 1. The fourth-order valence-electron chi connectivity index (χ4n) is 4.12. The second-order valence-corrected chi connectivity index (χ2v) is 10.1. The summed E-state index contributed by atoms with van der Waals surface area (Å²) in [4.78, 5) is 28.4. The molecule has 0 spiro atoms. The number of nitrogens with two attached hydrogens (primary N) is 1. The first-order valence-corrected chi connectivity index (χ1v) is 12.8. The summed E-state index contributed by atoms with van der Waals surface area (Å²) in [6.45, 7) is 0.703. The number of carbonyl (C=O) groups is 2. The molecule has 4 aromatic heterocycles. The number of amides is 2. The molecule has 2 amide bonds. The van der Waals surface area contributed by atoms with E-state index in [0.29, 0.717) is 17.0 Å². The highest BCUT2D eigenvalue weighted by Crippen LogP contribution is 2.44. The molecule has 0 saturated carbocycles. The number of nitrogens with zero attached hydrogens (tertiary/aromatic N) is 3. The Hall–Kier alpha value is -5.00. The fraction of sp³-hybridized carbons (Fsp3) is 0.154. The zero-order chi connectivity index (χ0) is 32.2. The lowest BCUT2D eigenvalue weighted by Gasteiger charge is -2.12. The molecule has 0 fully saturated rings. The molecule has 9 nitrogen and oxygen atoms in total. The van der Waals surface area contributed by atoms with E-state index >= 15 is 0 Å². The standard InChI is InChI=1S/C26H15F8N5O4S/c1-8-11(6-36-39(8)2)10-5-13(26(32,33)34)37-25-14(10)20(22(44-25)23(35)40)38-24(41)12-4-3-9(43-12)7-42-21-18(30)16(28)15(27)17(29)19(21)31/h3-6H,7H2,1-2H3,(H2,35,40)(H,38,41). The number of aromatic nitrogens is 3. The van der Waals surface area contributed by atoms with Gasteiger partial charge >= 0.3 is 6.18 Å². The Morgan fingerprint density at radius 2 is 1.68 bits per heavy atom. The number of anilines is 1. The van der Waals surface area contributed by atoms with E-state index in [0.717, 1.165) is 18.2 Å². The maximum Gasteiger partial charge on any atom is 0.433 e. The molecular formula is C26H15F8N5O4S. The number of rotatable bonds is 7. The van der Waals surface area contributed by atoms with Crippen LogP contribution in [0.5, 0.6) is 5.75 Å². The summed E-state index contributed by atoms with van der Waals surface area (Å²) in [7, 11) is 1.55. The molecule has 4 heterocycles. The minimum Gasteiger partial charge on any atom is -0.479 e. The molecule has 44 heavy (non-hydrogen) atoms. The molecule has 0 aliphatic rings. The van der Waals surface area contributed by atoms with Crippen LogP contribution in [0.15, 0.2) is 28.8 Å². The lowest BCUT2D eigenvalue weighted by atomic mass is 10.0. The third-order valence-electron chi connectivity index (χ3n) is 6.35. The minimum absolute atomic E-state index is 0.0531. The van der Waals surface area contributed by atoms with E-state index in [4.69, 9.17) is 14.9 Å². The number of aryl methyl sites for hydroxylation is 1. The van der Waals surface area contributed by atoms with Gasteiger partial charge in [-0.2, -0.15) is 27.1 Å². The highest BCUT2D eigenvalue weighted by molar-refractivity contribution is 7.21. The molecule has 0 unspecified atom stereocenters. The molecule has 0 aliphatic carbocycles. The van der Waals surface area contributed by atoms with Crippen LogP contribution in [0.3, 0.4) is 0 Å². The summed E-state index contributed by atoms with van der Waals surface area (Å²) < 4.78 is 121. The van der Waals surface area contributed by atoms with Crippen LogP contribution in [0.25, 0.3) is 21.3 Å². The van der Waals surface area contributed by atoms with Crippen molar-refractivity contribution < 1.29 is 53.9 Å². The molecule has 3 N–H and O–H groups in total. The highest BCUT2D eigenvalue weighted by atomic mass is 32.1. The van der Waals surface area contributed by atoms with Gasteiger partial charge in [-0.05, 0) is 30.7 Å². The van der Waals surface area contributed by atoms with Gasteiger partial charge in [0.25, 0.3) is 11.8 Å². The van der Waals surface area contributed by atoms with Gasteiger partial charge in [0.2, 0.25) is 29.1 Å². The zero-order valence-corrected chi connectivity index (χ0v) is 22.8. The number of alkyl halides is 3. The average molecular weight is 645 g/mol. The van der Waals surface area contributed by atoms with Crippen molar-refractivity contribution in [3.8, 4) is 16.9 Å². The predicted octanol–water partition coefficient (Wildman–Crippen LogP) is 6.24. The molecule has 5 rings (SSSR count). The van der Waals surface area contributed by atoms with Crippen molar-refractivity contribution in [3.05, 3.63) is 81.3 Å². The van der Waals surface area contributed by atoms with Gasteiger partial charge < -0.3 is 20.2 Å². The van der Waals surface area contributed by atoms with Crippen LogP contribution in [-0.4, -0.2) is 26.6 Å². The fourth-order valence-corrected chi connectivity index (χ4v) is 5.13. The number of ether oxygens (including phenoxy) is 1. The molecule has 1 aromatic carbocycles. The summed E-state index contributed by atoms with van der Waals surface area (Å²) >= 11 is 0.501. The Kier molecular flexibility index (Phi) is 7.56. The summed E-state index contributed by atoms with van der Waals surface area (Å²) in [5.41, 5.74) is 4.53. The molecule has 0 aliphatic heterocycles. The smallest absolute Gasteiger partial charge is 0.433 e. The van der Waals surface area contributed by atoms with Crippen LogP contribution in [0.2, 0.25) is 0 Å². The Bertz CT molecular complexity index is 1950. The number of halogens is 8. The van der Waals surface area contributed by atoms with Crippen molar-refractivity contribution in [2.75, 3.05) is 5.32 Å². The van der Waals surface area contributed by atoms with Crippen molar-refractivity contribution in [3.63, 3.8) is 0 Å². The first kappa shape index (κ1) is 30.5. The maximum absolute atomic E-state index is 13.9. The first-order chi connectivity index (χ1) is 20.6. The van der Waals surface area contributed by atoms with Crippen LogP contribution in [-0.2, 0) is 19.8 Å². The van der Waals surface area contributed by atoms with Gasteiger partial charge in [0.05, 0.1) is 11.9 Å². The third-order valence-corrected chi connectivity index (χ3v) is 7.45. The van der Waals surface area contributed by atoms with Gasteiger partial charge in [-0.1, -0.05) is 0 Å². The Balaban J connectivity index is 1.51. The number of hydrogen-bond acceptors (Lipinski definition) is 7. The van der Waals surface area contributed by atoms with E-state index < -0.39 is 70.9 Å². The van der Waals surface area contributed by atoms with Crippen molar-refractivity contribution in [1.29, 1.82) is 0 Å². The highest BCUT2D eigenvalue weighted by Gasteiger charge is 2.36. The summed E-state index contributed by atoms with van der Waals surface area (Å²) in [5.74, 6) is -15.8. The zero-order valence-electron chi connectivity index (χ0n) is 22.0. The number of hydrogen-bond donors (Lipinski definition) is 2. The SMILES string of the molecule is Cc1c(-c2cc(C(F)(F)F)nc3sc(C(N)=O)c(NC(=O)c4ccc(COc5c(F)c(F)c(F)c(F)c5F)o4)c23)cnn1C. The largest absolute Gasteiger partial charge is 0.479 e. The van der Waals surface area contributed by atoms with Crippen LogP contribution in [0.1, 0.15) is 37.4 Å². The van der Waals surface area contributed by atoms with E-state index in [2.05, 4.69) is 15.4 Å². The predicted molar refractivity (Wildman–Crippen MR) is 137 cm³/mol. The second kappa shape index (κ2) is 10.9. The van der Waals surface area contributed by atoms with Gasteiger partial charge in [0.15, 0.2) is 11.5 Å². The summed E-state index contributed by atoms with van der Waals surface area (Å²) in [5, 5.41) is 6.37. The number of primary amides is 1. The molecule has 0 atom stereocenters. The Labute approximate surface area is 243 Å². The molecule has 5 aromatic rings. The van der Waals surface area contributed by atoms with Gasteiger partial charge in [0.1, 0.15) is 27.8 Å². The number of fused-ring (bicyclic) bond motifs is 1. The van der Waals surface area contributed by atoms with Crippen LogP contribution < -0.4 is 15.8 Å². The monoisotopic (exact) mass is 645 g/mol. The maximum atomic E-state index is 13.9. The van der Waals surface area contributed by atoms with Gasteiger partial charge in [-0.25, -0.2) is 18.2 Å². The van der Waals surface area contributed by atoms with Crippen LogP contribution >= 0.6 is 11.3 Å². The molecule has 18 heteroatoms. The number of thiophene rings is 1. The molecule has 0 bridgehead atoms. The summed E-state index contributed by atoms with van der Waals surface area (Å²) in [6, 6.07) is 2.88. The number of benzene rings is 1. The van der Waals surface area contributed by atoms with Gasteiger partial charge in [-0.15, -0.1) is 11.3 Å². The van der Waals surface area contributed by atoms with Crippen molar-refractivity contribution >= 4 is 39.1 Å². The van der Waals surface area contributed by atoms with E-state index in [-0.39, 0.29) is 37.7 Å². The average Bonchev–Trinajstić information content (AvgIpc) is 3.68. The topological polar surface area (TPSA) is 125 Å². The number of furan rings is 1. The first-order valence-electron chi connectivity index (χ1n) is 12.0. The lowest BCUT2D eigenvalue weighted by molar-refractivity contribution is -0.140. The van der Waals surface area contributed by atoms with E-state index in [1.54, 1.807) is 14.0 Å². The number of nitrogens with one attached hydrogen (secondary N) is 1. The minimum atomic E-state index is -4.87. The van der Waals surface area contributed by atoms with E-state index in [1.165, 1.54) is 10.9 Å². The molecular weight excluding hydrogens is 630 g/mol. The van der Waals surface area contributed by atoms with Crippen LogP contribution in [0.4, 0.5) is 40.8 Å². The van der Waals surface area contributed by atoms with Gasteiger partial charge in [-0.3, -0.25) is 14.3 Å². The van der Waals surface area contributed by atoms with Crippen molar-refractivity contribution in [2.24, 2.45) is 12.8 Å². The molecule has 230 valence electrons. The lowest BCUT2D eigenvalue weighted by Crippen LogP contribution is -2.16. The summed E-state index contributed by atoms with van der Waals surface area (Å²) in [6.07, 6.45) is -3.58. The second-order valence-electron chi connectivity index (χ2n) is 9.08. The van der Waals surface area contributed by atoms with E-state index in [9.17, 15) is 44.7 Å². The third kappa shape index (κ3) is 5.20. The van der Waals surface area contributed by atoms with Crippen molar-refractivity contribution in [1.82, 2.24) is 14.8 Å². The van der Waals surface area contributed by atoms with Crippen LogP contribution in [0, 0.1) is 36.0 Å². The Morgan fingerprint density at radius 3 is 2.25 bits per heavy atom. The normalized spacial score (nSPS) is 11.8. The Morgan fingerprint density at radius 1 is 1.05 bits per heavy atom. The number of carbonyl (C=O) groups excluding carboxylic acids is 2. The molecule has 0 saturated heterocycles. The quantitative estimate of drug-likeness (QED) is 0.123. The van der Waals surface area contributed by atoms with Gasteiger partial charge in [0, 0.05) is 23.7 Å². The molecule has 0 radical (unpaired) electrons. The van der Waals surface area contributed by atoms with E-state index in [1.807, 2.05) is 0 Å².